The molecule has 0 saturated heterocycles. The van der Waals surface area contributed by atoms with Crippen molar-refractivity contribution in [3.05, 3.63) is 94.2 Å². The van der Waals surface area contributed by atoms with Crippen LogP contribution in [0.5, 0.6) is 0 Å². The third kappa shape index (κ3) is 3.99. The first kappa shape index (κ1) is 19.9. The molecule has 0 fully saturated rings. The molecule has 0 radical (unpaired) electrons. The number of benzene rings is 3. The fraction of sp³-hybridized carbons (Fsp3) is 0.0909. The zero-order valence-corrected chi connectivity index (χ0v) is 16.7. The van der Waals surface area contributed by atoms with Gasteiger partial charge in [0.1, 0.15) is 11.6 Å². The summed E-state index contributed by atoms with van der Waals surface area (Å²) in [6.07, 6.45) is 1.86. The van der Waals surface area contributed by atoms with Crippen LogP contribution in [-0.2, 0) is 6.54 Å². The Morgan fingerprint density at radius 3 is 2.47 bits per heavy atom. The Morgan fingerprint density at radius 2 is 1.77 bits per heavy atom. The van der Waals surface area contributed by atoms with Gasteiger partial charge >= 0.3 is 0 Å². The van der Waals surface area contributed by atoms with Crippen molar-refractivity contribution < 1.29 is 13.7 Å². The first-order valence-corrected chi connectivity index (χ1v) is 9.93. The Balaban J connectivity index is 1.80. The zero-order chi connectivity index (χ0) is 21.3. The lowest BCUT2D eigenvalue weighted by Crippen LogP contribution is -1.99. The molecule has 0 unspecified atom stereocenters. The third-order valence-corrected chi connectivity index (χ3v) is 5.80. The molecule has 4 rings (SSSR count). The van der Waals surface area contributed by atoms with Gasteiger partial charge in [0.2, 0.25) is 0 Å². The van der Waals surface area contributed by atoms with Crippen molar-refractivity contribution in [3.8, 4) is 0 Å². The molecule has 0 aliphatic heterocycles. The van der Waals surface area contributed by atoms with Gasteiger partial charge in [-0.2, -0.15) is 0 Å². The summed E-state index contributed by atoms with van der Waals surface area (Å²) < 4.78 is 29.2. The van der Waals surface area contributed by atoms with Crippen molar-refractivity contribution in [1.82, 2.24) is 4.57 Å². The maximum atomic E-state index is 13.6. The number of aromatic nitrogens is 1. The molecule has 30 heavy (non-hydrogen) atoms. The second kappa shape index (κ2) is 8.16. The quantitative estimate of drug-likeness (QED) is 0.301. The minimum Gasteiger partial charge on any atom is -0.388 e. The Morgan fingerprint density at radius 1 is 1.03 bits per heavy atom. The van der Waals surface area contributed by atoms with Gasteiger partial charge < -0.3 is 9.88 Å². The van der Waals surface area contributed by atoms with E-state index in [-0.39, 0.29) is 12.2 Å². The highest BCUT2D eigenvalue weighted by Crippen LogP contribution is 2.40. The van der Waals surface area contributed by atoms with Crippen LogP contribution < -0.4 is 5.32 Å². The summed E-state index contributed by atoms with van der Waals surface area (Å²) in [5, 5.41) is 15.4. The monoisotopic (exact) mass is 425 g/mol. The lowest BCUT2D eigenvalue weighted by Gasteiger charge is -2.07. The van der Waals surface area contributed by atoms with E-state index in [0.29, 0.717) is 10.5 Å². The van der Waals surface area contributed by atoms with E-state index in [4.69, 9.17) is 0 Å². The Kier molecular flexibility index (Phi) is 5.41. The summed E-state index contributed by atoms with van der Waals surface area (Å²) in [6.45, 7) is 0.260. The molecular formula is C22H17F2N3O2S. The Hall–Kier alpha value is -3.39. The van der Waals surface area contributed by atoms with Crippen molar-refractivity contribution in [1.29, 1.82) is 0 Å². The molecule has 4 aromatic rings. The van der Waals surface area contributed by atoms with E-state index < -0.39 is 16.6 Å². The van der Waals surface area contributed by atoms with Gasteiger partial charge in [0.15, 0.2) is 0 Å². The molecule has 0 bridgehead atoms. The lowest BCUT2D eigenvalue weighted by atomic mass is 10.2. The highest BCUT2D eigenvalue weighted by Gasteiger charge is 2.17. The average Bonchev–Trinajstić information content (AvgIpc) is 3.04. The molecule has 0 aliphatic carbocycles. The van der Waals surface area contributed by atoms with Crippen LogP contribution in [0.15, 0.2) is 76.7 Å². The highest BCUT2D eigenvalue weighted by atomic mass is 32.2. The van der Waals surface area contributed by atoms with Crippen molar-refractivity contribution in [2.75, 3.05) is 12.4 Å². The molecule has 8 heteroatoms. The second-order valence-electron chi connectivity index (χ2n) is 6.71. The summed E-state index contributed by atoms with van der Waals surface area (Å²) >= 11 is 1.29. The van der Waals surface area contributed by atoms with Crippen LogP contribution in [-0.4, -0.2) is 16.5 Å². The number of para-hydroxylation sites is 1. The molecule has 1 aromatic heterocycles. The molecule has 152 valence electrons. The molecule has 1 N–H and O–H groups in total. The predicted octanol–water partition coefficient (Wildman–Crippen LogP) is 6.07. The number of nitrogens with one attached hydrogen (secondary N) is 1. The van der Waals surface area contributed by atoms with Crippen LogP contribution in [0.4, 0.5) is 20.2 Å². The van der Waals surface area contributed by atoms with Gasteiger partial charge in [-0.25, -0.2) is 8.78 Å². The van der Waals surface area contributed by atoms with E-state index in [0.717, 1.165) is 27.6 Å². The van der Waals surface area contributed by atoms with Crippen LogP contribution in [0, 0.1) is 21.7 Å². The molecular weight excluding hydrogens is 408 g/mol. The molecule has 3 aromatic carbocycles. The summed E-state index contributed by atoms with van der Waals surface area (Å²) in [5.41, 5.74) is 2.26. The lowest BCUT2D eigenvalue weighted by molar-refractivity contribution is -0.387. The van der Waals surface area contributed by atoms with Crippen LogP contribution in [0.3, 0.4) is 0 Å². The standard InChI is InChI=1S/C22H17F2N3O2S/c1-25-17-6-7-18-20(11-17)26(12-14-8-15(23)10-16(24)9-14)13-22(18)30-21-5-3-2-4-19(21)27(28)29/h2-11,13,25H,12H2,1H3. The maximum absolute atomic E-state index is 13.6. The third-order valence-electron chi connectivity index (χ3n) is 4.69. The van der Waals surface area contributed by atoms with Crippen LogP contribution in [0.25, 0.3) is 10.9 Å². The number of rotatable bonds is 6. The van der Waals surface area contributed by atoms with Gasteiger partial charge in [-0.3, -0.25) is 10.1 Å². The minimum absolute atomic E-state index is 0.0300. The highest BCUT2D eigenvalue weighted by molar-refractivity contribution is 7.99. The molecule has 0 amide bonds. The molecule has 0 spiro atoms. The summed E-state index contributed by atoms with van der Waals surface area (Å²) in [4.78, 5) is 12.3. The van der Waals surface area contributed by atoms with Gasteiger partial charge in [-0.15, -0.1) is 0 Å². The van der Waals surface area contributed by atoms with Crippen molar-refractivity contribution in [3.63, 3.8) is 0 Å². The van der Waals surface area contributed by atoms with Crippen molar-refractivity contribution in [2.24, 2.45) is 0 Å². The normalized spacial score (nSPS) is 11.0. The fourth-order valence-corrected chi connectivity index (χ4v) is 4.43. The summed E-state index contributed by atoms with van der Waals surface area (Å²) in [6, 6.07) is 15.8. The number of nitro groups is 1. The largest absolute Gasteiger partial charge is 0.388 e. The van der Waals surface area contributed by atoms with Crippen molar-refractivity contribution >= 4 is 34.0 Å². The minimum atomic E-state index is -0.633. The smallest absolute Gasteiger partial charge is 0.283 e. The summed E-state index contributed by atoms with van der Waals surface area (Å²) in [5.74, 6) is -1.27. The SMILES string of the molecule is CNc1ccc2c(Sc3ccccc3[N+](=O)[O-])cn(Cc3cc(F)cc(F)c3)c2c1. The van der Waals surface area contributed by atoms with E-state index in [1.54, 1.807) is 25.2 Å². The average molecular weight is 425 g/mol. The van der Waals surface area contributed by atoms with Gasteiger partial charge in [-0.05, 0) is 42.0 Å². The molecule has 5 nitrogen and oxygen atoms in total. The maximum Gasteiger partial charge on any atom is 0.283 e. The van der Waals surface area contributed by atoms with Gasteiger partial charge in [-0.1, -0.05) is 23.9 Å². The second-order valence-corrected chi connectivity index (χ2v) is 7.79. The molecule has 0 aliphatic rings. The van der Waals surface area contributed by atoms with E-state index in [9.17, 15) is 18.9 Å². The Labute approximate surface area is 175 Å². The van der Waals surface area contributed by atoms with Crippen LogP contribution in [0.1, 0.15) is 5.56 Å². The fourth-order valence-electron chi connectivity index (χ4n) is 3.34. The number of nitrogens with zero attached hydrogens (tertiary/aromatic N) is 2. The van der Waals surface area contributed by atoms with E-state index >= 15 is 0 Å². The number of hydrogen-bond acceptors (Lipinski definition) is 4. The molecule has 0 atom stereocenters. The van der Waals surface area contributed by atoms with Gasteiger partial charge in [0, 0.05) is 47.9 Å². The number of nitro benzene ring substituents is 1. The number of anilines is 1. The van der Waals surface area contributed by atoms with Crippen molar-refractivity contribution in [2.45, 2.75) is 16.3 Å². The van der Waals surface area contributed by atoms with Crippen LogP contribution >= 0.6 is 11.8 Å². The van der Waals surface area contributed by atoms with Gasteiger partial charge in [0.25, 0.3) is 5.69 Å². The van der Waals surface area contributed by atoms with E-state index in [1.165, 1.54) is 30.0 Å². The van der Waals surface area contributed by atoms with Gasteiger partial charge in [0.05, 0.1) is 15.3 Å². The first-order chi connectivity index (χ1) is 14.4. The number of halogens is 2. The van der Waals surface area contributed by atoms with E-state index in [1.807, 2.05) is 29.0 Å². The topological polar surface area (TPSA) is 60.1 Å². The predicted molar refractivity (Wildman–Crippen MR) is 114 cm³/mol. The number of fused-ring (bicyclic) bond motifs is 1. The zero-order valence-electron chi connectivity index (χ0n) is 15.9. The van der Waals surface area contributed by atoms with E-state index in [2.05, 4.69) is 5.32 Å². The first-order valence-electron chi connectivity index (χ1n) is 9.11. The molecule has 0 saturated carbocycles. The number of hydrogen-bond donors (Lipinski definition) is 1. The molecule has 1 heterocycles. The van der Waals surface area contributed by atoms with Crippen LogP contribution in [0.2, 0.25) is 0 Å². The summed E-state index contributed by atoms with van der Waals surface area (Å²) in [7, 11) is 1.80. The Bertz CT molecular complexity index is 1240.